The van der Waals surface area contributed by atoms with Crippen molar-refractivity contribution in [2.24, 2.45) is 5.41 Å². The molecule has 0 heterocycles. The van der Waals surface area contributed by atoms with Gasteiger partial charge in [0.05, 0.1) is 4.90 Å². The Kier molecular flexibility index (Phi) is 7.55. The first-order valence-electron chi connectivity index (χ1n) is 9.58. The molecule has 0 unspecified atom stereocenters. The number of halogens is 1. The van der Waals surface area contributed by atoms with Crippen molar-refractivity contribution < 1.29 is 17.9 Å². The van der Waals surface area contributed by atoms with Gasteiger partial charge in [0.1, 0.15) is 5.75 Å². The van der Waals surface area contributed by atoms with E-state index in [1.54, 1.807) is 0 Å². The molecule has 2 N–H and O–H groups in total. The van der Waals surface area contributed by atoms with Gasteiger partial charge in [0, 0.05) is 5.02 Å². The zero-order valence-corrected chi connectivity index (χ0v) is 19.5. The molecule has 6 nitrogen and oxygen atoms in total. The standard InChI is InChI=1S/C22H29ClN2O4S/c1-21(2,3)15-22(4,5)16-6-10-18(11-7-16)29-14-20(26)24-25-30(27,28)19-12-8-17(23)9-13-19/h6-13,25H,14-15H2,1-5H3,(H,24,26). The van der Waals surface area contributed by atoms with E-state index in [9.17, 15) is 13.2 Å². The van der Waals surface area contributed by atoms with Crippen LogP contribution in [0.4, 0.5) is 0 Å². The second-order valence-corrected chi connectivity index (χ2v) is 11.2. The lowest BCUT2D eigenvalue weighted by Crippen LogP contribution is -2.43. The van der Waals surface area contributed by atoms with Crippen LogP contribution in [0.1, 0.15) is 46.6 Å². The first-order valence-corrected chi connectivity index (χ1v) is 11.4. The molecular weight excluding hydrogens is 424 g/mol. The number of hydrazine groups is 1. The fraction of sp³-hybridized carbons (Fsp3) is 0.409. The average molecular weight is 453 g/mol. The maximum absolute atomic E-state index is 12.1. The number of carbonyl (C=O) groups excluding carboxylic acids is 1. The number of nitrogens with one attached hydrogen (secondary N) is 2. The van der Waals surface area contributed by atoms with E-state index in [0.29, 0.717) is 10.8 Å². The van der Waals surface area contributed by atoms with Gasteiger partial charge in [-0.05, 0) is 59.2 Å². The van der Waals surface area contributed by atoms with E-state index in [2.05, 4.69) is 40.0 Å². The molecule has 0 aliphatic carbocycles. The number of amides is 1. The number of carbonyl (C=O) groups is 1. The summed E-state index contributed by atoms with van der Waals surface area (Å²) in [5, 5.41) is 0.416. The Labute approximate surface area is 184 Å². The smallest absolute Gasteiger partial charge is 0.272 e. The van der Waals surface area contributed by atoms with Gasteiger partial charge in [0.15, 0.2) is 6.61 Å². The minimum Gasteiger partial charge on any atom is -0.484 e. The number of hydrogen-bond acceptors (Lipinski definition) is 4. The molecule has 164 valence electrons. The minimum atomic E-state index is -3.89. The molecule has 1 amide bonds. The highest BCUT2D eigenvalue weighted by atomic mass is 35.5. The Morgan fingerprint density at radius 3 is 2.07 bits per heavy atom. The Morgan fingerprint density at radius 1 is 0.967 bits per heavy atom. The van der Waals surface area contributed by atoms with Crippen molar-refractivity contribution in [1.29, 1.82) is 0 Å². The van der Waals surface area contributed by atoms with Crippen LogP contribution in [0, 0.1) is 5.41 Å². The second kappa shape index (κ2) is 9.37. The van der Waals surface area contributed by atoms with Crippen LogP contribution < -0.4 is 15.0 Å². The summed E-state index contributed by atoms with van der Waals surface area (Å²) < 4.78 is 29.7. The van der Waals surface area contributed by atoms with Gasteiger partial charge in [0.2, 0.25) is 0 Å². The quantitative estimate of drug-likeness (QED) is 0.580. The molecule has 30 heavy (non-hydrogen) atoms. The highest BCUT2D eigenvalue weighted by molar-refractivity contribution is 7.89. The highest BCUT2D eigenvalue weighted by Gasteiger charge is 2.27. The molecule has 0 saturated heterocycles. The summed E-state index contributed by atoms with van der Waals surface area (Å²) in [4.78, 5) is 14.0. The molecule has 0 atom stereocenters. The van der Waals surface area contributed by atoms with Crippen LogP contribution in [0.25, 0.3) is 0 Å². The summed E-state index contributed by atoms with van der Waals surface area (Å²) in [5.74, 6) is -0.0919. The van der Waals surface area contributed by atoms with Crippen LogP contribution in [0.5, 0.6) is 5.75 Å². The molecule has 8 heteroatoms. The van der Waals surface area contributed by atoms with Gasteiger partial charge in [-0.15, -0.1) is 4.83 Å². The lowest BCUT2D eigenvalue weighted by atomic mass is 9.72. The molecule has 0 aromatic heterocycles. The second-order valence-electron chi connectivity index (χ2n) is 9.04. The fourth-order valence-corrected chi connectivity index (χ4v) is 4.40. The number of hydrogen-bond donors (Lipinski definition) is 2. The monoisotopic (exact) mass is 452 g/mol. The molecule has 0 bridgehead atoms. The summed E-state index contributed by atoms with van der Waals surface area (Å²) in [6.45, 7) is 10.7. The summed E-state index contributed by atoms with van der Waals surface area (Å²) in [6.07, 6.45) is 1.02. The first-order chi connectivity index (χ1) is 13.8. The molecule has 2 aromatic carbocycles. The lowest BCUT2D eigenvalue weighted by Gasteiger charge is -2.33. The first kappa shape index (κ1) is 24.2. The van der Waals surface area contributed by atoms with E-state index < -0.39 is 15.9 Å². The molecular formula is C22H29ClN2O4S. The van der Waals surface area contributed by atoms with Crippen molar-refractivity contribution in [3.8, 4) is 5.75 Å². The van der Waals surface area contributed by atoms with Crippen molar-refractivity contribution in [2.75, 3.05) is 6.61 Å². The Balaban J connectivity index is 1.88. The van der Waals surface area contributed by atoms with E-state index in [1.807, 2.05) is 29.1 Å². The van der Waals surface area contributed by atoms with Crippen molar-refractivity contribution in [3.63, 3.8) is 0 Å². The van der Waals surface area contributed by atoms with Crippen molar-refractivity contribution >= 4 is 27.5 Å². The lowest BCUT2D eigenvalue weighted by molar-refractivity contribution is -0.123. The highest BCUT2D eigenvalue weighted by Crippen LogP contribution is 2.36. The molecule has 0 radical (unpaired) electrons. The topological polar surface area (TPSA) is 84.5 Å². The van der Waals surface area contributed by atoms with Crippen LogP contribution >= 0.6 is 11.6 Å². The SMILES string of the molecule is CC(C)(C)CC(C)(C)c1ccc(OCC(=O)NNS(=O)(=O)c2ccc(Cl)cc2)cc1. The van der Waals surface area contributed by atoms with Crippen molar-refractivity contribution in [2.45, 2.75) is 51.3 Å². The number of sulfonamides is 1. The van der Waals surface area contributed by atoms with Crippen molar-refractivity contribution in [3.05, 3.63) is 59.1 Å². The number of benzene rings is 2. The molecule has 0 aliphatic rings. The molecule has 0 fully saturated rings. The van der Waals surface area contributed by atoms with Gasteiger partial charge in [-0.25, -0.2) is 8.42 Å². The zero-order chi connectivity index (χ0) is 22.6. The van der Waals surface area contributed by atoms with Crippen LogP contribution in [-0.2, 0) is 20.2 Å². The molecule has 0 saturated carbocycles. The largest absolute Gasteiger partial charge is 0.484 e. The van der Waals surface area contributed by atoms with Gasteiger partial charge in [-0.2, -0.15) is 0 Å². The van der Waals surface area contributed by atoms with Crippen LogP contribution in [0.15, 0.2) is 53.4 Å². The third kappa shape index (κ3) is 7.31. The molecule has 2 aromatic rings. The summed E-state index contributed by atoms with van der Waals surface area (Å²) in [7, 11) is -3.89. The van der Waals surface area contributed by atoms with Gasteiger partial charge >= 0.3 is 0 Å². The van der Waals surface area contributed by atoms with Gasteiger partial charge < -0.3 is 4.74 Å². The Hall–Kier alpha value is -2.09. The Bertz CT molecular complexity index is 964. The maximum Gasteiger partial charge on any atom is 0.272 e. The van der Waals surface area contributed by atoms with E-state index in [-0.39, 0.29) is 22.3 Å². The normalized spacial score (nSPS) is 12.5. The zero-order valence-electron chi connectivity index (χ0n) is 18.0. The van der Waals surface area contributed by atoms with Crippen LogP contribution in [0.2, 0.25) is 5.02 Å². The summed E-state index contributed by atoms with van der Waals surface area (Å²) in [5.41, 5.74) is 3.53. The fourth-order valence-electron chi connectivity index (χ4n) is 3.41. The molecule has 2 rings (SSSR count). The predicted octanol–water partition coefficient (Wildman–Crippen LogP) is 4.44. The Morgan fingerprint density at radius 2 is 1.53 bits per heavy atom. The van der Waals surface area contributed by atoms with E-state index >= 15 is 0 Å². The van der Waals surface area contributed by atoms with E-state index in [1.165, 1.54) is 29.8 Å². The minimum absolute atomic E-state index is 0.00804. The average Bonchev–Trinajstić information content (AvgIpc) is 2.63. The van der Waals surface area contributed by atoms with Gasteiger partial charge in [0.25, 0.3) is 15.9 Å². The molecule has 0 aliphatic heterocycles. The van der Waals surface area contributed by atoms with E-state index in [4.69, 9.17) is 16.3 Å². The third-order valence-corrected chi connectivity index (χ3v) is 5.94. The maximum atomic E-state index is 12.1. The van der Waals surface area contributed by atoms with Gasteiger partial charge in [-0.3, -0.25) is 10.2 Å². The third-order valence-electron chi connectivity index (χ3n) is 4.43. The van der Waals surface area contributed by atoms with Gasteiger partial charge in [-0.1, -0.05) is 58.4 Å². The summed E-state index contributed by atoms with van der Waals surface area (Å²) in [6, 6.07) is 13.2. The summed E-state index contributed by atoms with van der Waals surface area (Å²) >= 11 is 5.75. The number of rotatable bonds is 8. The van der Waals surface area contributed by atoms with E-state index in [0.717, 1.165) is 6.42 Å². The molecule has 0 spiro atoms. The predicted molar refractivity (Wildman–Crippen MR) is 119 cm³/mol. The van der Waals surface area contributed by atoms with Crippen LogP contribution in [-0.4, -0.2) is 20.9 Å². The van der Waals surface area contributed by atoms with Crippen LogP contribution in [0.3, 0.4) is 0 Å². The van der Waals surface area contributed by atoms with Crippen molar-refractivity contribution in [1.82, 2.24) is 10.3 Å². The number of ether oxygens (including phenoxy) is 1.